The maximum Gasteiger partial charge on any atom is 0.0708 e. The van der Waals surface area contributed by atoms with Crippen molar-refractivity contribution >= 4 is 0 Å². The second kappa shape index (κ2) is 21.5. The number of aromatic nitrogens is 10. The van der Waals surface area contributed by atoms with Crippen LogP contribution in [0.4, 0.5) is 0 Å². The summed E-state index contributed by atoms with van der Waals surface area (Å²) in [6.45, 7) is 35.7. The molecule has 0 aliphatic heterocycles. The van der Waals surface area contributed by atoms with Gasteiger partial charge in [-0.25, -0.2) is 0 Å². The molecule has 0 amide bonds. The van der Waals surface area contributed by atoms with E-state index in [1.807, 2.05) is 59.8 Å². The maximum atomic E-state index is 9.49. The fraction of sp³-hybridized carbons (Fsp3) is 0.694. The van der Waals surface area contributed by atoms with E-state index < -0.39 is 0 Å². The highest BCUT2D eigenvalue weighted by Gasteiger charge is 2.27. The molecule has 2 aliphatic rings. The summed E-state index contributed by atoms with van der Waals surface area (Å²) in [5.41, 5.74) is 7.22. The quantitative estimate of drug-likeness (QED) is 0.153. The number of aliphatic hydroxyl groups is 3. The Bertz CT molecular complexity index is 2030. The molecule has 0 spiro atoms. The largest absolute Gasteiger partial charge is 0.394 e. The molecule has 2 aliphatic carbocycles. The SMILES string of the molecule is CC(C)(C)c1cnn(C2CC2)c1.CC(C)(C)c1cnn(C2CCC(O)C2)c1.CC(C)(C)c1cnn(CCO)c1.CC(O)Cn1cc(C(C)(C)C)cn1.Cn1cc(C(C)(C)C)cn1. The molecule has 3 N–H and O–H groups in total. The summed E-state index contributed by atoms with van der Waals surface area (Å²) < 4.78 is 9.52. The molecule has 348 valence electrons. The summed E-state index contributed by atoms with van der Waals surface area (Å²) in [4.78, 5) is 0. The first-order valence-corrected chi connectivity index (χ1v) is 22.6. The normalized spacial score (nSPS) is 17.4. The summed E-state index contributed by atoms with van der Waals surface area (Å²) in [7, 11) is 1.94. The Labute approximate surface area is 373 Å². The van der Waals surface area contributed by atoms with Gasteiger partial charge in [0.25, 0.3) is 0 Å². The molecule has 5 aromatic rings. The number of aliphatic hydroxyl groups excluding tert-OH is 3. The molecule has 0 saturated heterocycles. The molecular weight excluding hydrogens is 777 g/mol. The van der Waals surface area contributed by atoms with Crippen LogP contribution in [0.1, 0.15) is 183 Å². The molecule has 3 atom stereocenters. The summed E-state index contributed by atoms with van der Waals surface area (Å²) in [5.74, 6) is 0. The lowest BCUT2D eigenvalue weighted by Gasteiger charge is -2.15. The molecule has 3 unspecified atom stereocenters. The van der Waals surface area contributed by atoms with Gasteiger partial charge in [0.05, 0.1) is 75.0 Å². The van der Waals surface area contributed by atoms with E-state index in [-0.39, 0.29) is 45.9 Å². The zero-order chi connectivity index (χ0) is 46.8. The van der Waals surface area contributed by atoms with Crippen LogP contribution >= 0.6 is 0 Å². The molecule has 13 nitrogen and oxygen atoms in total. The highest BCUT2D eigenvalue weighted by Crippen LogP contribution is 2.35. The van der Waals surface area contributed by atoms with Crippen LogP contribution in [-0.4, -0.2) is 83.0 Å². The van der Waals surface area contributed by atoms with E-state index in [1.54, 1.807) is 16.3 Å². The molecule has 2 fully saturated rings. The fourth-order valence-electron chi connectivity index (χ4n) is 6.27. The van der Waals surface area contributed by atoms with Crippen molar-refractivity contribution in [2.75, 3.05) is 6.61 Å². The molecule has 5 aromatic heterocycles. The van der Waals surface area contributed by atoms with Gasteiger partial charge in [-0.2, -0.15) is 25.5 Å². The van der Waals surface area contributed by atoms with E-state index in [2.05, 4.69) is 153 Å². The van der Waals surface area contributed by atoms with E-state index in [0.717, 1.165) is 19.3 Å². The molecule has 5 heterocycles. The first-order chi connectivity index (χ1) is 28.5. The zero-order valence-corrected chi connectivity index (χ0v) is 41.6. The molecule has 0 radical (unpaired) electrons. The van der Waals surface area contributed by atoms with E-state index in [4.69, 9.17) is 10.2 Å². The Kier molecular flexibility index (Phi) is 18.2. The summed E-state index contributed by atoms with van der Waals surface area (Å²) >= 11 is 0. The molecule has 2 saturated carbocycles. The van der Waals surface area contributed by atoms with Crippen molar-refractivity contribution in [1.29, 1.82) is 0 Å². The molecule has 0 bridgehead atoms. The number of rotatable bonds is 6. The average molecular weight is 861 g/mol. The minimum Gasteiger partial charge on any atom is -0.394 e. The lowest BCUT2D eigenvalue weighted by atomic mass is 9.90. The van der Waals surface area contributed by atoms with Gasteiger partial charge in [-0.15, -0.1) is 0 Å². The summed E-state index contributed by atoms with van der Waals surface area (Å²) in [6.07, 6.45) is 24.9. The van der Waals surface area contributed by atoms with Crippen molar-refractivity contribution in [2.24, 2.45) is 7.05 Å². The van der Waals surface area contributed by atoms with Crippen molar-refractivity contribution in [3.05, 3.63) is 89.8 Å². The van der Waals surface area contributed by atoms with Crippen LogP contribution < -0.4 is 0 Å². The van der Waals surface area contributed by atoms with E-state index >= 15 is 0 Å². The number of nitrogens with zero attached hydrogens (tertiary/aromatic N) is 10. The Morgan fingerprint density at radius 1 is 0.532 bits per heavy atom. The van der Waals surface area contributed by atoms with Gasteiger partial charge in [0.2, 0.25) is 0 Å². The van der Waals surface area contributed by atoms with Crippen molar-refractivity contribution in [1.82, 2.24) is 48.9 Å². The van der Waals surface area contributed by atoms with E-state index in [9.17, 15) is 5.11 Å². The third kappa shape index (κ3) is 17.6. The smallest absolute Gasteiger partial charge is 0.0708 e. The Hall–Kier alpha value is -4.07. The van der Waals surface area contributed by atoms with E-state index in [1.165, 1.54) is 40.7 Å². The van der Waals surface area contributed by atoms with Gasteiger partial charge in [-0.3, -0.25) is 23.4 Å². The maximum absolute atomic E-state index is 9.49. The lowest BCUT2D eigenvalue weighted by Crippen LogP contribution is -2.13. The van der Waals surface area contributed by atoms with Crippen LogP contribution in [0.5, 0.6) is 0 Å². The molecule has 0 aromatic carbocycles. The van der Waals surface area contributed by atoms with E-state index in [0.29, 0.717) is 25.2 Å². The second-order valence-electron chi connectivity index (χ2n) is 22.4. The molecule has 7 rings (SSSR count). The lowest BCUT2D eigenvalue weighted by molar-refractivity contribution is 0.168. The Balaban J connectivity index is 0.000000208. The van der Waals surface area contributed by atoms with Gasteiger partial charge in [0.15, 0.2) is 0 Å². The van der Waals surface area contributed by atoms with Crippen LogP contribution in [0.3, 0.4) is 0 Å². The van der Waals surface area contributed by atoms with Crippen molar-refractivity contribution < 1.29 is 15.3 Å². The third-order valence-corrected chi connectivity index (χ3v) is 11.0. The molecule has 62 heavy (non-hydrogen) atoms. The number of hydrogen-bond donors (Lipinski definition) is 3. The van der Waals surface area contributed by atoms with Gasteiger partial charge in [0.1, 0.15) is 0 Å². The van der Waals surface area contributed by atoms with Gasteiger partial charge in [-0.1, -0.05) is 104 Å². The van der Waals surface area contributed by atoms with Crippen LogP contribution in [-0.2, 0) is 47.2 Å². The van der Waals surface area contributed by atoms with Crippen LogP contribution in [0.15, 0.2) is 62.0 Å². The predicted octanol–water partition coefficient (Wildman–Crippen LogP) is 9.23. The third-order valence-electron chi connectivity index (χ3n) is 11.0. The minimum atomic E-state index is -0.340. The number of hydrogen-bond acceptors (Lipinski definition) is 8. The van der Waals surface area contributed by atoms with Crippen molar-refractivity contribution in [3.63, 3.8) is 0 Å². The predicted molar refractivity (Wildman–Crippen MR) is 252 cm³/mol. The molecule has 13 heteroatoms. The highest BCUT2D eigenvalue weighted by atomic mass is 16.3. The molecular formula is C49H84N10O3. The van der Waals surface area contributed by atoms with Gasteiger partial charge < -0.3 is 15.3 Å². The summed E-state index contributed by atoms with van der Waals surface area (Å²) in [5, 5.41) is 48.5. The van der Waals surface area contributed by atoms with Crippen LogP contribution in [0.25, 0.3) is 0 Å². The minimum absolute atomic E-state index is 0.128. The monoisotopic (exact) mass is 861 g/mol. The standard InChI is InChI=1S/C12H20N2O.C10H18N2O.C10H16N2.C9H16N2O.C8H14N2/c1-12(2,3)9-7-13-14(8-9)10-4-5-11(15)6-10;1-8(13)6-12-7-9(5-11-12)10(2,3)4;1-10(2,3)8-6-11-12(7-8)9-4-5-9;1-9(2,3)8-6-10-11(7-8)4-5-12;1-8(2,3)7-5-9-10(4)6-7/h7-8,10-11,15H,4-6H2,1-3H3;5,7-8,13H,6H2,1-4H3;6-7,9H,4-5H2,1-3H3;6-7,12H,4-5H2,1-3H3;5-6H,1-4H3. The van der Waals surface area contributed by atoms with Crippen molar-refractivity contribution in [3.8, 4) is 0 Å². The zero-order valence-electron chi connectivity index (χ0n) is 41.6. The Morgan fingerprint density at radius 2 is 0.903 bits per heavy atom. The average Bonchev–Trinajstić information content (AvgIpc) is 3.85. The first-order valence-electron chi connectivity index (χ1n) is 22.6. The highest BCUT2D eigenvalue weighted by molar-refractivity contribution is 5.18. The van der Waals surface area contributed by atoms with Crippen molar-refractivity contribution in [2.45, 2.75) is 207 Å². The summed E-state index contributed by atoms with van der Waals surface area (Å²) in [6, 6.07) is 1.11. The van der Waals surface area contributed by atoms with Gasteiger partial charge in [-0.05, 0) is 93.9 Å². The van der Waals surface area contributed by atoms with Crippen LogP contribution in [0.2, 0.25) is 0 Å². The topological polar surface area (TPSA) is 150 Å². The Morgan fingerprint density at radius 3 is 1.23 bits per heavy atom. The second-order valence-corrected chi connectivity index (χ2v) is 22.4. The fourth-order valence-corrected chi connectivity index (χ4v) is 6.27. The van der Waals surface area contributed by atoms with Crippen LogP contribution in [0, 0.1) is 0 Å². The first kappa shape index (κ1) is 52.3. The van der Waals surface area contributed by atoms with Gasteiger partial charge in [0, 0.05) is 38.0 Å². The number of aryl methyl sites for hydroxylation is 1. The van der Waals surface area contributed by atoms with Gasteiger partial charge >= 0.3 is 0 Å².